The van der Waals surface area contributed by atoms with Crippen LogP contribution in [0, 0.1) is 6.92 Å². The van der Waals surface area contributed by atoms with Crippen molar-refractivity contribution in [2.75, 3.05) is 7.11 Å². The van der Waals surface area contributed by atoms with Crippen LogP contribution in [0.1, 0.15) is 5.56 Å². The first kappa shape index (κ1) is 13.2. The summed E-state index contributed by atoms with van der Waals surface area (Å²) in [5, 5.41) is 4.17. The first-order valence-electron chi connectivity index (χ1n) is 6.57. The zero-order valence-electron chi connectivity index (χ0n) is 11.9. The van der Waals surface area contributed by atoms with Crippen LogP contribution in [0.5, 0.6) is 5.75 Å². The number of nitrogens with zero attached hydrogens (tertiary/aromatic N) is 3. The van der Waals surface area contributed by atoms with E-state index in [0.29, 0.717) is 0 Å². The number of ether oxygens (including phenoxy) is 1. The van der Waals surface area contributed by atoms with Crippen LogP contribution in [0.25, 0.3) is 11.4 Å². The molecule has 0 radical (unpaired) electrons. The van der Waals surface area contributed by atoms with E-state index in [1.54, 1.807) is 7.11 Å². The highest BCUT2D eigenvalue weighted by Gasteiger charge is 2.08. The molecule has 3 rings (SSSR count). The van der Waals surface area contributed by atoms with Gasteiger partial charge in [-0.25, -0.2) is 9.36 Å². The zero-order valence-corrected chi connectivity index (χ0v) is 11.9. The Bertz CT molecular complexity index is 799. The second kappa shape index (κ2) is 5.28. The Balaban J connectivity index is 2.02. The molecule has 2 aromatic carbocycles. The molecule has 0 unspecified atom stereocenters. The maximum Gasteiger partial charge on any atom is 0.355 e. The molecule has 0 spiro atoms. The van der Waals surface area contributed by atoms with Crippen molar-refractivity contribution in [1.82, 2.24) is 14.3 Å². The summed E-state index contributed by atoms with van der Waals surface area (Å²) in [6.07, 6.45) is 1.52. The van der Waals surface area contributed by atoms with E-state index in [4.69, 9.17) is 4.74 Å². The topological polar surface area (TPSA) is 49.0 Å². The van der Waals surface area contributed by atoms with Crippen molar-refractivity contribution in [2.24, 2.45) is 0 Å². The van der Waals surface area contributed by atoms with Crippen LogP contribution in [0.2, 0.25) is 0 Å². The molecule has 0 amide bonds. The highest BCUT2D eigenvalue weighted by atomic mass is 16.5. The van der Waals surface area contributed by atoms with Gasteiger partial charge in [0.15, 0.2) is 0 Å². The largest absolute Gasteiger partial charge is 0.497 e. The molecule has 0 atom stereocenters. The molecule has 0 N–H and O–H groups in total. The SMILES string of the molecule is COc1ccc(-n2cnn(-c3ccc(C)cc3)c2=O)cc1. The smallest absolute Gasteiger partial charge is 0.355 e. The number of hydrogen-bond donors (Lipinski definition) is 0. The third-order valence-electron chi connectivity index (χ3n) is 3.30. The van der Waals surface area contributed by atoms with Gasteiger partial charge >= 0.3 is 5.69 Å². The number of aromatic nitrogens is 3. The Morgan fingerprint density at radius 1 is 0.952 bits per heavy atom. The monoisotopic (exact) mass is 281 g/mol. The second-order valence-electron chi connectivity index (χ2n) is 4.73. The normalized spacial score (nSPS) is 10.6. The van der Waals surface area contributed by atoms with E-state index < -0.39 is 0 Å². The molecular formula is C16H15N3O2. The van der Waals surface area contributed by atoms with Gasteiger partial charge in [-0.1, -0.05) is 17.7 Å². The van der Waals surface area contributed by atoms with E-state index in [-0.39, 0.29) is 5.69 Å². The van der Waals surface area contributed by atoms with Crippen molar-refractivity contribution in [1.29, 1.82) is 0 Å². The van der Waals surface area contributed by atoms with Crippen LogP contribution in [0.15, 0.2) is 59.7 Å². The summed E-state index contributed by atoms with van der Waals surface area (Å²) in [5.41, 5.74) is 2.43. The molecular weight excluding hydrogens is 266 g/mol. The molecule has 0 saturated heterocycles. The predicted molar refractivity (Wildman–Crippen MR) is 80.5 cm³/mol. The fraction of sp³-hybridized carbons (Fsp3) is 0.125. The van der Waals surface area contributed by atoms with Gasteiger partial charge < -0.3 is 4.74 Å². The minimum atomic E-state index is -0.205. The van der Waals surface area contributed by atoms with Gasteiger partial charge in [-0.2, -0.15) is 9.78 Å². The number of methoxy groups -OCH3 is 1. The van der Waals surface area contributed by atoms with Gasteiger partial charge in [0.1, 0.15) is 12.1 Å². The van der Waals surface area contributed by atoms with Gasteiger partial charge in [0.25, 0.3) is 0 Å². The summed E-state index contributed by atoms with van der Waals surface area (Å²) in [4.78, 5) is 12.4. The van der Waals surface area contributed by atoms with Gasteiger partial charge in [0.05, 0.1) is 18.5 Å². The highest BCUT2D eigenvalue weighted by molar-refractivity contribution is 5.38. The molecule has 1 heterocycles. The van der Waals surface area contributed by atoms with Crippen LogP contribution in [-0.2, 0) is 0 Å². The number of benzene rings is 2. The maximum atomic E-state index is 12.4. The first-order valence-corrected chi connectivity index (χ1v) is 6.57. The Kier molecular flexibility index (Phi) is 3.31. The van der Waals surface area contributed by atoms with Gasteiger partial charge in [-0.05, 0) is 43.3 Å². The summed E-state index contributed by atoms with van der Waals surface area (Å²) in [5.74, 6) is 0.748. The van der Waals surface area contributed by atoms with Gasteiger partial charge in [0, 0.05) is 0 Å². The average Bonchev–Trinajstić information content (AvgIpc) is 2.90. The standard InChI is InChI=1S/C16H15N3O2/c1-12-3-5-14(6-4-12)19-16(20)18(11-17-19)13-7-9-15(21-2)10-8-13/h3-11H,1-2H3. The van der Waals surface area contributed by atoms with Crippen LogP contribution in [0.3, 0.4) is 0 Å². The molecule has 106 valence electrons. The van der Waals surface area contributed by atoms with Crippen LogP contribution >= 0.6 is 0 Å². The number of aryl methyl sites for hydroxylation is 1. The Morgan fingerprint density at radius 3 is 2.19 bits per heavy atom. The van der Waals surface area contributed by atoms with Crippen molar-refractivity contribution in [3.05, 3.63) is 70.9 Å². The summed E-state index contributed by atoms with van der Waals surface area (Å²) in [7, 11) is 1.61. The van der Waals surface area contributed by atoms with Crippen molar-refractivity contribution in [2.45, 2.75) is 6.92 Å². The third-order valence-corrected chi connectivity index (χ3v) is 3.30. The first-order chi connectivity index (χ1) is 10.2. The summed E-state index contributed by atoms with van der Waals surface area (Å²) >= 11 is 0. The van der Waals surface area contributed by atoms with Crippen LogP contribution in [0.4, 0.5) is 0 Å². The third kappa shape index (κ3) is 2.45. The molecule has 0 aliphatic rings. The maximum absolute atomic E-state index is 12.4. The van der Waals surface area contributed by atoms with E-state index in [1.807, 2.05) is 55.5 Å². The minimum Gasteiger partial charge on any atom is -0.497 e. The van der Waals surface area contributed by atoms with Crippen molar-refractivity contribution in [3.8, 4) is 17.1 Å². The van der Waals surface area contributed by atoms with E-state index in [9.17, 15) is 4.79 Å². The molecule has 5 nitrogen and oxygen atoms in total. The second-order valence-corrected chi connectivity index (χ2v) is 4.73. The van der Waals surface area contributed by atoms with Crippen molar-refractivity contribution < 1.29 is 4.74 Å². The molecule has 0 bridgehead atoms. The van der Waals surface area contributed by atoms with Crippen molar-refractivity contribution >= 4 is 0 Å². The molecule has 21 heavy (non-hydrogen) atoms. The minimum absolute atomic E-state index is 0.205. The van der Waals surface area contributed by atoms with E-state index in [1.165, 1.54) is 15.6 Å². The molecule has 3 aromatic rings. The molecule has 5 heteroatoms. The summed E-state index contributed by atoms with van der Waals surface area (Å²) in [6.45, 7) is 2.00. The molecule has 0 saturated carbocycles. The highest BCUT2D eigenvalue weighted by Crippen LogP contribution is 2.13. The summed E-state index contributed by atoms with van der Waals surface area (Å²) in [6, 6.07) is 14.9. The molecule has 0 aliphatic heterocycles. The Morgan fingerprint density at radius 2 is 1.57 bits per heavy atom. The van der Waals surface area contributed by atoms with Crippen LogP contribution in [-0.4, -0.2) is 21.5 Å². The quantitative estimate of drug-likeness (QED) is 0.740. The molecule has 1 aromatic heterocycles. The lowest BCUT2D eigenvalue weighted by Gasteiger charge is -2.03. The number of hydrogen-bond acceptors (Lipinski definition) is 3. The van der Waals surface area contributed by atoms with E-state index >= 15 is 0 Å². The lowest BCUT2D eigenvalue weighted by Crippen LogP contribution is -2.22. The van der Waals surface area contributed by atoms with E-state index in [0.717, 1.165) is 22.7 Å². The number of rotatable bonds is 3. The van der Waals surface area contributed by atoms with Gasteiger partial charge in [-0.3, -0.25) is 0 Å². The summed E-state index contributed by atoms with van der Waals surface area (Å²) < 4.78 is 7.99. The van der Waals surface area contributed by atoms with Gasteiger partial charge in [-0.15, -0.1) is 0 Å². The Labute approximate surface area is 122 Å². The lowest BCUT2D eigenvalue weighted by atomic mass is 10.2. The van der Waals surface area contributed by atoms with E-state index in [2.05, 4.69) is 5.10 Å². The molecule has 0 aliphatic carbocycles. The predicted octanol–water partition coefficient (Wildman–Crippen LogP) is 2.34. The fourth-order valence-electron chi connectivity index (χ4n) is 2.09. The van der Waals surface area contributed by atoms with Gasteiger partial charge in [0.2, 0.25) is 0 Å². The van der Waals surface area contributed by atoms with Crippen molar-refractivity contribution in [3.63, 3.8) is 0 Å². The lowest BCUT2D eigenvalue weighted by molar-refractivity contribution is 0.414. The Hall–Kier alpha value is -2.82. The van der Waals surface area contributed by atoms with Crippen LogP contribution < -0.4 is 10.4 Å². The molecule has 0 fully saturated rings. The zero-order chi connectivity index (χ0) is 14.8. The average molecular weight is 281 g/mol. The fourth-order valence-corrected chi connectivity index (χ4v) is 2.09.